The Labute approximate surface area is 79.8 Å². The number of carbonyl (C=O) groups is 1. The molecule has 1 saturated heterocycles. The van der Waals surface area contributed by atoms with E-state index in [2.05, 4.69) is 12.2 Å². The third kappa shape index (κ3) is 4.15. The molecule has 0 radical (unpaired) electrons. The van der Waals surface area contributed by atoms with Crippen molar-refractivity contribution in [2.24, 2.45) is 0 Å². The minimum Gasteiger partial charge on any atom is -0.447 e. The van der Waals surface area contributed by atoms with Crippen LogP contribution in [-0.4, -0.2) is 18.7 Å². The number of hydrogen-bond acceptors (Lipinski definition) is 2. The van der Waals surface area contributed by atoms with Gasteiger partial charge in [-0.3, -0.25) is 0 Å². The van der Waals surface area contributed by atoms with Gasteiger partial charge in [0.15, 0.2) is 0 Å². The van der Waals surface area contributed by atoms with E-state index in [4.69, 9.17) is 4.74 Å². The minimum absolute atomic E-state index is 0.251. The van der Waals surface area contributed by atoms with E-state index in [1.165, 1.54) is 32.1 Å². The van der Waals surface area contributed by atoms with Crippen LogP contribution in [-0.2, 0) is 4.74 Å². The summed E-state index contributed by atoms with van der Waals surface area (Å²) in [6.45, 7) is 2.78. The van der Waals surface area contributed by atoms with Gasteiger partial charge in [0, 0.05) is 0 Å². The van der Waals surface area contributed by atoms with Gasteiger partial charge in [-0.15, -0.1) is 0 Å². The van der Waals surface area contributed by atoms with Crippen LogP contribution < -0.4 is 5.32 Å². The number of cyclic esters (lactones) is 1. The minimum atomic E-state index is -0.251. The van der Waals surface area contributed by atoms with E-state index in [0.717, 1.165) is 6.42 Å². The van der Waals surface area contributed by atoms with Crippen LogP contribution in [0.5, 0.6) is 0 Å². The fraction of sp³-hybridized carbons (Fsp3) is 0.900. The fourth-order valence-corrected chi connectivity index (χ4v) is 1.58. The van der Waals surface area contributed by atoms with E-state index in [0.29, 0.717) is 6.61 Å². The van der Waals surface area contributed by atoms with Crippen molar-refractivity contribution < 1.29 is 9.53 Å². The highest BCUT2D eigenvalue weighted by molar-refractivity contribution is 5.69. The quantitative estimate of drug-likeness (QED) is 0.645. The Kier molecular flexibility index (Phi) is 4.65. The van der Waals surface area contributed by atoms with Crippen LogP contribution in [0.4, 0.5) is 4.79 Å². The Morgan fingerprint density at radius 1 is 1.38 bits per heavy atom. The zero-order valence-corrected chi connectivity index (χ0v) is 8.34. The zero-order valence-electron chi connectivity index (χ0n) is 8.34. The highest BCUT2D eigenvalue weighted by Gasteiger charge is 2.20. The molecule has 1 atom stereocenters. The summed E-state index contributed by atoms with van der Waals surface area (Å²) in [4.78, 5) is 10.7. The molecule has 3 nitrogen and oxygen atoms in total. The summed E-state index contributed by atoms with van der Waals surface area (Å²) in [7, 11) is 0. The maximum Gasteiger partial charge on any atom is 0.407 e. The summed E-state index contributed by atoms with van der Waals surface area (Å²) in [6, 6.07) is 0.272. The molecule has 1 aliphatic rings. The first-order valence-corrected chi connectivity index (χ1v) is 5.26. The van der Waals surface area contributed by atoms with Crippen molar-refractivity contribution in [2.75, 3.05) is 6.61 Å². The monoisotopic (exact) mass is 185 g/mol. The third-order valence-corrected chi connectivity index (χ3v) is 2.39. The number of alkyl carbamates (subject to hydrolysis) is 1. The van der Waals surface area contributed by atoms with Crippen LogP contribution in [0.15, 0.2) is 0 Å². The third-order valence-electron chi connectivity index (χ3n) is 2.39. The number of unbranched alkanes of at least 4 members (excludes halogenated alkanes) is 4. The lowest BCUT2D eigenvalue weighted by atomic mass is 10.1. The van der Waals surface area contributed by atoms with Crippen molar-refractivity contribution in [3.8, 4) is 0 Å². The van der Waals surface area contributed by atoms with Gasteiger partial charge in [0.1, 0.15) is 6.61 Å². The number of nitrogens with one attached hydrogen (secondary N) is 1. The second-order valence-electron chi connectivity index (χ2n) is 3.64. The van der Waals surface area contributed by atoms with Crippen molar-refractivity contribution in [3.05, 3.63) is 0 Å². The summed E-state index contributed by atoms with van der Waals surface area (Å²) in [5.41, 5.74) is 0. The van der Waals surface area contributed by atoms with Gasteiger partial charge in [0.05, 0.1) is 6.04 Å². The highest BCUT2D eigenvalue weighted by atomic mass is 16.6. The second-order valence-corrected chi connectivity index (χ2v) is 3.64. The first-order chi connectivity index (χ1) is 6.33. The van der Waals surface area contributed by atoms with Gasteiger partial charge >= 0.3 is 6.09 Å². The Morgan fingerprint density at radius 2 is 2.15 bits per heavy atom. The lowest BCUT2D eigenvalue weighted by molar-refractivity contribution is 0.176. The summed E-state index contributed by atoms with van der Waals surface area (Å²) in [5.74, 6) is 0. The molecule has 1 fully saturated rings. The first kappa shape index (κ1) is 10.4. The number of hydrogen-bond donors (Lipinski definition) is 1. The molecule has 0 saturated carbocycles. The molecule has 0 aliphatic carbocycles. The zero-order chi connectivity index (χ0) is 9.52. The van der Waals surface area contributed by atoms with Crippen LogP contribution in [0.25, 0.3) is 0 Å². The Balaban J connectivity index is 1.91. The van der Waals surface area contributed by atoms with Gasteiger partial charge in [0.2, 0.25) is 0 Å². The number of carbonyl (C=O) groups excluding carboxylic acids is 1. The van der Waals surface area contributed by atoms with E-state index in [-0.39, 0.29) is 12.1 Å². The molecule has 3 heteroatoms. The van der Waals surface area contributed by atoms with Crippen molar-refractivity contribution in [2.45, 2.75) is 51.5 Å². The summed E-state index contributed by atoms with van der Waals surface area (Å²) < 4.78 is 4.79. The summed E-state index contributed by atoms with van der Waals surface area (Å²) in [6.07, 6.45) is 7.22. The van der Waals surface area contributed by atoms with Gasteiger partial charge in [-0.1, -0.05) is 39.0 Å². The lowest BCUT2D eigenvalue weighted by Crippen LogP contribution is -2.25. The van der Waals surface area contributed by atoms with Crippen LogP contribution in [0.3, 0.4) is 0 Å². The number of ether oxygens (including phenoxy) is 1. The van der Waals surface area contributed by atoms with Gasteiger partial charge < -0.3 is 10.1 Å². The van der Waals surface area contributed by atoms with Gasteiger partial charge in [0.25, 0.3) is 0 Å². The fourth-order valence-electron chi connectivity index (χ4n) is 1.58. The van der Waals surface area contributed by atoms with E-state index in [9.17, 15) is 4.79 Å². The van der Waals surface area contributed by atoms with E-state index < -0.39 is 0 Å². The van der Waals surface area contributed by atoms with E-state index >= 15 is 0 Å². The van der Waals surface area contributed by atoms with E-state index in [1.807, 2.05) is 0 Å². The first-order valence-electron chi connectivity index (χ1n) is 5.26. The van der Waals surface area contributed by atoms with Crippen molar-refractivity contribution >= 4 is 6.09 Å². The predicted molar refractivity (Wildman–Crippen MR) is 51.6 cm³/mol. The Hall–Kier alpha value is -0.730. The molecule has 0 aromatic carbocycles. The van der Waals surface area contributed by atoms with Crippen LogP contribution in [0.2, 0.25) is 0 Å². The van der Waals surface area contributed by atoms with Crippen molar-refractivity contribution in [1.29, 1.82) is 0 Å². The maximum atomic E-state index is 10.7. The standard InChI is InChI=1S/C10H19NO2/c1-2-3-4-5-6-7-9-8-13-10(12)11-9/h9H,2-8H2,1H3,(H,11,12). The molecule has 1 aliphatic heterocycles. The second kappa shape index (κ2) is 5.84. The maximum absolute atomic E-state index is 10.7. The van der Waals surface area contributed by atoms with Crippen molar-refractivity contribution in [3.63, 3.8) is 0 Å². The normalized spacial score (nSPS) is 21.3. The number of rotatable bonds is 6. The van der Waals surface area contributed by atoms with Crippen molar-refractivity contribution in [1.82, 2.24) is 5.32 Å². The SMILES string of the molecule is CCCCCCCC1COC(=O)N1. The van der Waals surface area contributed by atoms with Crippen LogP contribution >= 0.6 is 0 Å². The smallest absolute Gasteiger partial charge is 0.407 e. The van der Waals surface area contributed by atoms with Gasteiger partial charge in [-0.25, -0.2) is 4.79 Å². The molecule has 0 aromatic rings. The predicted octanol–water partition coefficient (Wildman–Crippen LogP) is 2.46. The largest absolute Gasteiger partial charge is 0.447 e. The average Bonchev–Trinajstić information content (AvgIpc) is 2.51. The molecule has 0 spiro atoms. The molecule has 0 bridgehead atoms. The molecule has 1 unspecified atom stereocenters. The molecule has 1 heterocycles. The van der Waals surface area contributed by atoms with Gasteiger partial charge in [-0.2, -0.15) is 0 Å². The van der Waals surface area contributed by atoms with Crippen LogP contribution in [0.1, 0.15) is 45.4 Å². The molecule has 1 N–H and O–H groups in total. The molecular weight excluding hydrogens is 166 g/mol. The Bertz CT molecular complexity index is 159. The lowest BCUT2D eigenvalue weighted by Gasteiger charge is -2.05. The topological polar surface area (TPSA) is 38.3 Å². The molecule has 13 heavy (non-hydrogen) atoms. The molecular formula is C10H19NO2. The van der Waals surface area contributed by atoms with E-state index in [1.54, 1.807) is 0 Å². The molecule has 1 amide bonds. The molecule has 1 rings (SSSR count). The average molecular weight is 185 g/mol. The highest BCUT2D eigenvalue weighted by Crippen LogP contribution is 2.10. The Morgan fingerprint density at radius 3 is 2.77 bits per heavy atom. The van der Waals surface area contributed by atoms with Gasteiger partial charge in [-0.05, 0) is 6.42 Å². The van der Waals surface area contributed by atoms with Crippen LogP contribution in [0, 0.1) is 0 Å². The summed E-state index contributed by atoms with van der Waals surface area (Å²) in [5, 5.41) is 2.78. The molecule has 0 aromatic heterocycles. The summed E-state index contributed by atoms with van der Waals surface area (Å²) >= 11 is 0. The molecule has 76 valence electrons. The number of amides is 1.